The fourth-order valence-electron chi connectivity index (χ4n) is 4.40. The van der Waals surface area contributed by atoms with Gasteiger partial charge in [0.2, 0.25) is 11.8 Å². The zero-order valence-electron chi connectivity index (χ0n) is 19.1. The molecule has 1 aliphatic heterocycles. The lowest BCUT2D eigenvalue weighted by Gasteiger charge is -2.34. The third-order valence-electron chi connectivity index (χ3n) is 6.26. The molecule has 0 unspecified atom stereocenters. The van der Waals surface area contributed by atoms with E-state index in [4.69, 9.17) is 4.74 Å². The van der Waals surface area contributed by atoms with Crippen molar-refractivity contribution >= 4 is 34.5 Å². The van der Waals surface area contributed by atoms with E-state index >= 15 is 0 Å². The second-order valence-corrected chi connectivity index (χ2v) is 9.57. The fourth-order valence-corrected chi connectivity index (χ4v) is 5.10. The highest BCUT2D eigenvalue weighted by molar-refractivity contribution is 8.00. The van der Waals surface area contributed by atoms with Crippen molar-refractivity contribution in [2.45, 2.75) is 55.6 Å². The van der Waals surface area contributed by atoms with Crippen molar-refractivity contribution < 1.29 is 19.0 Å². The van der Waals surface area contributed by atoms with Gasteiger partial charge in [0.1, 0.15) is 16.4 Å². The van der Waals surface area contributed by atoms with Gasteiger partial charge in [-0.3, -0.25) is 9.78 Å². The molecule has 1 amide bonds. The molecule has 184 valence electrons. The van der Waals surface area contributed by atoms with Crippen molar-refractivity contribution in [3.8, 4) is 5.88 Å². The van der Waals surface area contributed by atoms with Gasteiger partial charge in [-0.2, -0.15) is 0 Å². The first-order valence-corrected chi connectivity index (χ1v) is 12.4. The topological polar surface area (TPSA) is 134 Å². The average Bonchev–Trinajstić information content (AvgIpc) is 2.87. The van der Waals surface area contributed by atoms with E-state index in [1.807, 2.05) is 0 Å². The van der Waals surface area contributed by atoms with Crippen molar-refractivity contribution in [2.24, 2.45) is 0 Å². The van der Waals surface area contributed by atoms with Crippen LogP contribution in [0.25, 0.3) is 11.0 Å². The molecule has 4 heterocycles. The minimum Gasteiger partial charge on any atom is -0.481 e. The summed E-state index contributed by atoms with van der Waals surface area (Å²) >= 11 is 1.37. The van der Waals surface area contributed by atoms with Gasteiger partial charge >= 0.3 is 0 Å². The number of thioether (sulfide) groups is 1. The van der Waals surface area contributed by atoms with Crippen LogP contribution in [0.4, 0.5) is 10.2 Å². The van der Waals surface area contributed by atoms with Crippen LogP contribution in [0.2, 0.25) is 0 Å². The smallest absolute Gasteiger partial charge is 0.236 e. The van der Waals surface area contributed by atoms with Gasteiger partial charge < -0.3 is 25.8 Å². The highest BCUT2D eigenvalue weighted by Gasteiger charge is 2.29. The van der Waals surface area contributed by atoms with Crippen LogP contribution in [0.3, 0.4) is 0 Å². The molecule has 0 radical (unpaired) electrons. The number of aromatic nitrogens is 4. The van der Waals surface area contributed by atoms with E-state index in [1.165, 1.54) is 25.1 Å². The van der Waals surface area contributed by atoms with E-state index in [-0.39, 0.29) is 24.5 Å². The maximum atomic E-state index is 14.6. The van der Waals surface area contributed by atoms with Crippen LogP contribution in [-0.2, 0) is 17.9 Å². The van der Waals surface area contributed by atoms with Crippen molar-refractivity contribution in [3.63, 3.8) is 0 Å². The van der Waals surface area contributed by atoms with Gasteiger partial charge in [-0.1, -0.05) is 11.8 Å². The highest BCUT2D eigenvalue weighted by Crippen LogP contribution is 2.28. The van der Waals surface area contributed by atoms with Gasteiger partial charge in [0.15, 0.2) is 5.82 Å². The fraction of sp³-hybridized carbons (Fsp3) is 0.435. The predicted octanol–water partition coefficient (Wildman–Crippen LogP) is 1.77. The highest BCUT2D eigenvalue weighted by atomic mass is 32.2. The largest absolute Gasteiger partial charge is 0.481 e. The number of hydrogen-bond acceptors (Lipinski definition) is 10. The number of hydrogen-bond donors (Lipinski definition) is 4. The Kier molecular flexibility index (Phi) is 7.04. The lowest BCUT2D eigenvalue weighted by Crippen LogP contribution is -2.48. The lowest BCUT2D eigenvalue weighted by molar-refractivity contribution is -0.113. The lowest BCUT2D eigenvalue weighted by atomic mass is 9.88. The molecule has 5 rings (SSSR count). The summed E-state index contributed by atoms with van der Waals surface area (Å²) < 4.78 is 19.7. The molecule has 10 nitrogen and oxygen atoms in total. The van der Waals surface area contributed by atoms with Gasteiger partial charge in [0.25, 0.3) is 0 Å². The third kappa shape index (κ3) is 5.35. The average molecular weight is 500 g/mol. The molecule has 0 spiro atoms. The molecule has 3 aromatic heterocycles. The Labute approximate surface area is 205 Å². The first-order chi connectivity index (χ1) is 17.0. The van der Waals surface area contributed by atoms with E-state index in [0.717, 1.165) is 12.8 Å². The summed E-state index contributed by atoms with van der Waals surface area (Å²) in [5.74, 6) is 0.720. The summed E-state index contributed by atoms with van der Waals surface area (Å²) in [7, 11) is 1.52. The normalized spacial score (nSPS) is 22.0. The number of pyridine rings is 2. The van der Waals surface area contributed by atoms with Crippen LogP contribution in [0.15, 0.2) is 29.6 Å². The summed E-state index contributed by atoms with van der Waals surface area (Å²) in [6, 6.07) is 3.39. The standard InChI is InChI=1S/C23H26FN7O3S/c1-34-20-5-4-17-21(31-20)14(15(24)10-27-17)9-25-12-2-3-16(18(32)6-12)26-7-13-8-28-23-22(29-13)30-19(33)11-35-23/h4-5,8,10,12,16,18,25-26,32H,2-3,6-7,9,11H2,1H3,(H,29,30,33)/t12-,16-,18+/m1/s1. The van der Waals surface area contributed by atoms with Crippen molar-refractivity contribution in [1.29, 1.82) is 0 Å². The van der Waals surface area contributed by atoms with Gasteiger partial charge in [-0.05, 0) is 25.3 Å². The monoisotopic (exact) mass is 499 g/mol. The van der Waals surface area contributed by atoms with Crippen LogP contribution in [-0.4, -0.2) is 62.0 Å². The maximum Gasteiger partial charge on any atom is 0.236 e. The molecule has 0 aromatic carbocycles. The molecule has 3 aromatic rings. The number of nitrogens with zero attached hydrogens (tertiary/aromatic N) is 4. The Bertz CT molecular complexity index is 1250. The van der Waals surface area contributed by atoms with E-state index in [0.29, 0.717) is 57.7 Å². The number of fused-ring (bicyclic) bond motifs is 2. The number of rotatable bonds is 7. The summed E-state index contributed by atoms with van der Waals surface area (Å²) in [4.78, 5) is 28.9. The van der Waals surface area contributed by atoms with Gasteiger partial charge in [-0.25, -0.2) is 19.3 Å². The Morgan fingerprint density at radius 1 is 1.20 bits per heavy atom. The van der Waals surface area contributed by atoms with Crippen LogP contribution in [0, 0.1) is 5.82 Å². The number of methoxy groups -OCH3 is 1. The number of nitrogens with one attached hydrogen (secondary N) is 3. The molecule has 4 N–H and O–H groups in total. The number of aliphatic hydroxyl groups is 1. The van der Waals surface area contributed by atoms with E-state index in [9.17, 15) is 14.3 Å². The number of carbonyl (C=O) groups is 1. The molecular weight excluding hydrogens is 473 g/mol. The van der Waals surface area contributed by atoms with E-state index in [2.05, 4.69) is 35.9 Å². The quantitative estimate of drug-likeness (QED) is 0.381. The molecule has 1 saturated carbocycles. The predicted molar refractivity (Wildman–Crippen MR) is 129 cm³/mol. The number of amides is 1. The molecule has 2 aliphatic rings. The number of halogens is 1. The number of ether oxygens (including phenoxy) is 1. The number of aliphatic hydroxyl groups excluding tert-OH is 1. The molecule has 35 heavy (non-hydrogen) atoms. The van der Waals surface area contributed by atoms with Crippen LogP contribution in [0.1, 0.15) is 30.5 Å². The summed E-state index contributed by atoms with van der Waals surface area (Å²) in [6.07, 6.45) is 4.42. The SMILES string of the molecule is COc1ccc2ncc(F)c(CN[C@@H]3CC[C@@H](NCc4cnc5c(n4)NC(=O)CS5)[C@@H](O)C3)c2n1. The molecule has 0 bridgehead atoms. The Morgan fingerprint density at radius 2 is 2.09 bits per heavy atom. The molecule has 1 aliphatic carbocycles. The van der Waals surface area contributed by atoms with E-state index in [1.54, 1.807) is 18.3 Å². The van der Waals surface area contributed by atoms with Gasteiger partial charge in [0, 0.05) is 36.8 Å². The van der Waals surface area contributed by atoms with Crippen molar-refractivity contribution in [1.82, 2.24) is 30.6 Å². The van der Waals surface area contributed by atoms with Crippen molar-refractivity contribution in [3.05, 3.63) is 41.6 Å². The minimum absolute atomic E-state index is 0.0343. The first-order valence-electron chi connectivity index (χ1n) is 11.4. The molecule has 12 heteroatoms. The second-order valence-electron chi connectivity index (χ2n) is 8.60. The summed E-state index contributed by atoms with van der Waals surface area (Å²) in [5.41, 5.74) is 2.19. The van der Waals surface area contributed by atoms with Crippen molar-refractivity contribution in [2.75, 3.05) is 18.2 Å². The zero-order chi connectivity index (χ0) is 24.4. The summed E-state index contributed by atoms with van der Waals surface area (Å²) in [5, 5.41) is 20.9. The Morgan fingerprint density at radius 3 is 2.91 bits per heavy atom. The summed E-state index contributed by atoms with van der Waals surface area (Å²) in [6.45, 7) is 0.706. The zero-order valence-corrected chi connectivity index (χ0v) is 19.9. The third-order valence-corrected chi connectivity index (χ3v) is 7.24. The van der Waals surface area contributed by atoms with Gasteiger partial charge in [-0.15, -0.1) is 0 Å². The number of carbonyl (C=O) groups excluding carboxylic acids is 1. The number of anilines is 1. The van der Waals surface area contributed by atoms with Crippen LogP contribution < -0.4 is 20.7 Å². The van der Waals surface area contributed by atoms with E-state index < -0.39 is 11.9 Å². The maximum absolute atomic E-state index is 14.6. The Hall–Kier alpha value is -2.93. The van der Waals surface area contributed by atoms with Gasteiger partial charge in [0.05, 0.1) is 42.6 Å². The van der Waals surface area contributed by atoms with Crippen LogP contribution in [0.5, 0.6) is 5.88 Å². The van der Waals surface area contributed by atoms with Crippen LogP contribution >= 0.6 is 11.8 Å². The Balaban J connectivity index is 1.16. The molecule has 1 fully saturated rings. The first kappa shape index (κ1) is 23.8. The minimum atomic E-state index is -0.570. The molecule has 0 saturated heterocycles. The molecule has 3 atom stereocenters. The molecular formula is C23H26FN7O3S. The second kappa shape index (κ2) is 10.4.